The molecular weight excluding hydrogens is 278 g/mol. The molecule has 0 bridgehead atoms. The molecule has 0 unspecified atom stereocenters. The summed E-state index contributed by atoms with van der Waals surface area (Å²) in [7, 11) is 0. The topological polar surface area (TPSA) is 93.8 Å². The zero-order chi connectivity index (χ0) is 15.7. The predicted molar refractivity (Wildman–Crippen MR) is 85.0 cm³/mol. The van der Waals surface area contributed by atoms with Crippen LogP contribution in [0.2, 0.25) is 0 Å². The number of aryl methyl sites for hydroxylation is 2. The van der Waals surface area contributed by atoms with E-state index in [1.165, 1.54) is 11.1 Å². The molecule has 1 fully saturated rings. The fraction of sp³-hybridized carbons (Fsp3) is 0.375. The van der Waals surface area contributed by atoms with Gasteiger partial charge in [-0.1, -0.05) is 6.07 Å². The SMILES string of the molecule is Cc1ccc(Nc2nc(N)nc([C@H]3CCCC3=O)n2)cc1C. The van der Waals surface area contributed by atoms with E-state index in [2.05, 4.69) is 27.2 Å². The molecule has 3 N–H and O–H groups in total. The van der Waals surface area contributed by atoms with Crippen molar-refractivity contribution in [2.45, 2.75) is 39.0 Å². The molecular formula is C16H19N5O. The van der Waals surface area contributed by atoms with Crippen molar-refractivity contribution in [2.75, 3.05) is 11.1 Å². The Morgan fingerprint density at radius 2 is 2.00 bits per heavy atom. The van der Waals surface area contributed by atoms with Gasteiger partial charge in [0.25, 0.3) is 0 Å². The van der Waals surface area contributed by atoms with E-state index in [0.29, 0.717) is 18.2 Å². The molecule has 6 nitrogen and oxygen atoms in total. The monoisotopic (exact) mass is 297 g/mol. The van der Waals surface area contributed by atoms with E-state index in [-0.39, 0.29) is 17.6 Å². The smallest absolute Gasteiger partial charge is 0.232 e. The van der Waals surface area contributed by atoms with Crippen LogP contribution in [0.3, 0.4) is 0 Å². The molecule has 0 amide bonds. The average Bonchev–Trinajstić information content (AvgIpc) is 2.88. The minimum atomic E-state index is -0.245. The highest BCUT2D eigenvalue weighted by molar-refractivity contribution is 5.86. The van der Waals surface area contributed by atoms with Gasteiger partial charge in [0.2, 0.25) is 11.9 Å². The fourth-order valence-corrected chi connectivity index (χ4v) is 2.66. The lowest BCUT2D eigenvalue weighted by atomic mass is 10.1. The van der Waals surface area contributed by atoms with Crippen LogP contribution >= 0.6 is 0 Å². The van der Waals surface area contributed by atoms with Gasteiger partial charge in [-0.3, -0.25) is 4.79 Å². The number of aromatic nitrogens is 3. The molecule has 0 spiro atoms. The van der Waals surface area contributed by atoms with Crippen LogP contribution in [0.25, 0.3) is 0 Å². The maximum absolute atomic E-state index is 11.9. The number of hydrogen-bond donors (Lipinski definition) is 2. The number of anilines is 3. The lowest BCUT2D eigenvalue weighted by molar-refractivity contribution is -0.118. The number of hydrogen-bond acceptors (Lipinski definition) is 6. The first-order chi connectivity index (χ1) is 10.5. The van der Waals surface area contributed by atoms with Crippen molar-refractivity contribution in [3.63, 3.8) is 0 Å². The minimum absolute atomic E-state index is 0.135. The van der Waals surface area contributed by atoms with E-state index in [1.54, 1.807) is 0 Å². The molecule has 1 aliphatic carbocycles. The van der Waals surface area contributed by atoms with Gasteiger partial charge < -0.3 is 11.1 Å². The third kappa shape index (κ3) is 2.90. The Labute approximate surface area is 129 Å². The summed E-state index contributed by atoms with van der Waals surface area (Å²) in [6.07, 6.45) is 2.26. The summed E-state index contributed by atoms with van der Waals surface area (Å²) in [4.78, 5) is 24.5. The highest BCUT2D eigenvalue weighted by Crippen LogP contribution is 2.30. The average molecular weight is 297 g/mol. The Bertz CT molecular complexity index is 728. The molecule has 1 heterocycles. The van der Waals surface area contributed by atoms with E-state index >= 15 is 0 Å². The second-order valence-electron chi connectivity index (χ2n) is 5.71. The molecule has 2 aromatic rings. The van der Waals surface area contributed by atoms with Gasteiger partial charge in [0, 0.05) is 12.1 Å². The first-order valence-electron chi connectivity index (χ1n) is 7.41. The molecule has 1 aromatic heterocycles. The van der Waals surface area contributed by atoms with Crippen molar-refractivity contribution in [3.05, 3.63) is 35.2 Å². The van der Waals surface area contributed by atoms with Crippen LogP contribution in [0.5, 0.6) is 0 Å². The molecule has 0 saturated heterocycles. The number of carbonyl (C=O) groups excluding carboxylic acids is 1. The number of nitrogen functional groups attached to an aromatic ring is 1. The molecule has 0 aliphatic heterocycles. The molecule has 0 radical (unpaired) electrons. The van der Waals surface area contributed by atoms with Gasteiger partial charge in [-0.25, -0.2) is 0 Å². The van der Waals surface area contributed by atoms with E-state index in [1.807, 2.05) is 25.1 Å². The quantitative estimate of drug-likeness (QED) is 0.904. The zero-order valence-electron chi connectivity index (χ0n) is 12.8. The Balaban J connectivity index is 1.89. The summed E-state index contributed by atoms with van der Waals surface area (Å²) in [6, 6.07) is 6.02. The zero-order valence-corrected chi connectivity index (χ0v) is 12.8. The van der Waals surface area contributed by atoms with Crippen molar-refractivity contribution in [2.24, 2.45) is 0 Å². The third-order valence-electron chi connectivity index (χ3n) is 4.05. The van der Waals surface area contributed by atoms with Crippen LogP contribution < -0.4 is 11.1 Å². The van der Waals surface area contributed by atoms with Crippen molar-refractivity contribution in [3.8, 4) is 0 Å². The van der Waals surface area contributed by atoms with E-state index in [9.17, 15) is 4.79 Å². The fourth-order valence-electron chi connectivity index (χ4n) is 2.66. The van der Waals surface area contributed by atoms with Gasteiger partial charge in [0.05, 0.1) is 5.92 Å². The summed E-state index contributed by atoms with van der Waals surface area (Å²) in [5.74, 6) is 0.927. The highest BCUT2D eigenvalue weighted by atomic mass is 16.1. The van der Waals surface area contributed by atoms with Crippen molar-refractivity contribution >= 4 is 23.4 Å². The molecule has 22 heavy (non-hydrogen) atoms. The number of benzene rings is 1. The van der Waals surface area contributed by atoms with Gasteiger partial charge in [-0.15, -0.1) is 0 Å². The van der Waals surface area contributed by atoms with Crippen LogP contribution in [0.4, 0.5) is 17.6 Å². The lowest BCUT2D eigenvalue weighted by Gasteiger charge is -2.11. The van der Waals surface area contributed by atoms with Crippen molar-refractivity contribution in [1.29, 1.82) is 0 Å². The third-order valence-corrected chi connectivity index (χ3v) is 4.05. The summed E-state index contributed by atoms with van der Waals surface area (Å²) in [5.41, 5.74) is 9.05. The molecule has 1 saturated carbocycles. The number of carbonyl (C=O) groups is 1. The van der Waals surface area contributed by atoms with Crippen LogP contribution in [0.1, 0.15) is 42.1 Å². The number of ketones is 1. The van der Waals surface area contributed by atoms with Gasteiger partial charge in [0.15, 0.2) is 0 Å². The molecule has 114 valence electrons. The number of nitrogens with two attached hydrogens (primary N) is 1. The first-order valence-corrected chi connectivity index (χ1v) is 7.41. The van der Waals surface area contributed by atoms with E-state index in [0.717, 1.165) is 18.5 Å². The van der Waals surface area contributed by atoms with E-state index in [4.69, 9.17) is 5.73 Å². The lowest BCUT2D eigenvalue weighted by Crippen LogP contribution is -2.13. The van der Waals surface area contributed by atoms with Crippen LogP contribution in [-0.2, 0) is 4.79 Å². The maximum Gasteiger partial charge on any atom is 0.232 e. The van der Waals surface area contributed by atoms with Crippen LogP contribution in [0.15, 0.2) is 18.2 Å². The second kappa shape index (κ2) is 5.71. The summed E-state index contributed by atoms with van der Waals surface area (Å²) in [5, 5.41) is 3.14. The predicted octanol–water partition coefficient (Wildman–Crippen LogP) is 2.65. The highest BCUT2D eigenvalue weighted by Gasteiger charge is 2.29. The Hall–Kier alpha value is -2.50. The minimum Gasteiger partial charge on any atom is -0.368 e. The summed E-state index contributed by atoms with van der Waals surface area (Å²) >= 11 is 0. The first kappa shape index (κ1) is 14.4. The van der Waals surface area contributed by atoms with Gasteiger partial charge >= 0.3 is 0 Å². The van der Waals surface area contributed by atoms with Gasteiger partial charge in [-0.05, 0) is 49.9 Å². The summed E-state index contributed by atoms with van der Waals surface area (Å²) in [6.45, 7) is 4.11. The standard InChI is InChI=1S/C16H19N5O/c1-9-6-7-11(8-10(9)2)18-16-20-14(19-15(17)21-16)12-4-3-5-13(12)22/h6-8,12H,3-5H2,1-2H3,(H3,17,18,19,20,21)/t12-/m0/s1. The second-order valence-corrected chi connectivity index (χ2v) is 5.71. The molecule has 1 aromatic carbocycles. The molecule has 1 aliphatic rings. The number of nitrogens with zero attached hydrogens (tertiary/aromatic N) is 3. The number of Topliss-reactive ketones (excluding diaryl/α,β-unsaturated/α-hetero) is 1. The van der Waals surface area contributed by atoms with Crippen LogP contribution in [-0.4, -0.2) is 20.7 Å². The van der Waals surface area contributed by atoms with Crippen LogP contribution in [0, 0.1) is 13.8 Å². The summed E-state index contributed by atoms with van der Waals surface area (Å²) < 4.78 is 0. The number of rotatable bonds is 3. The van der Waals surface area contributed by atoms with Gasteiger partial charge in [0.1, 0.15) is 11.6 Å². The Morgan fingerprint density at radius 3 is 2.68 bits per heavy atom. The molecule has 6 heteroatoms. The van der Waals surface area contributed by atoms with Crippen molar-refractivity contribution < 1.29 is 4.79 Å². The maximum atomic E-state index is 11.9. The number of nitrogens with one attached hydrogen (secondary N) is 1. The van der Waals surface area contributed by atoms with E-state index < -0.39 is 0 Å². The van der Waals surface area contributed by atoms with Gasteiger partial charge in [-0.2, -0.15) is 15.0 Å². The van der Waals surface area contributed by atoms with Crippen molar-refractivity contribution in [1.82, 2.24) is 15.0 Å². The Morgan fingerprint density at radius 1 is 1.18 bits per heavy atom. The molecule has 3 rings (SSSR count). The normalized spacial score (nSPS) is 17.7. The molecule has 1 atom stereocenters. The largest absolute Gasteiger partial charge is 0.368 e. The Kier molecular flexibility index (Phi) is 3.75.